The summed E-state index contributed by atoms with van der Waals surface area (Å²) >= 11 is 0. The molecule has 4 N–H and O–H groups in total. The Morgan fingerprint density at radius 1 is 0.980 bits per heavy atom. The number of sulfonamides is 1. The summed E-state index contributed by atoms with van der Waals surface area (Å²) in [6.45, 7) is 7.35. The van der Waals surface area contributed by atoms with Gasteiger partial charge in [-0.05, 0) is 69.8 Å². The van der Waals surface area contributed by atoms with Crippen LogP contribution >= 0.6 is 0 Å². The summed E-state index contributed by atoms with van der Waals surface area (Å²) in [5, 5.41) is 3.02. The molecule has 1 aromatic rings. The zero-order valence-electron chi connectivity index (χ0n) is 30.1. The third-order valence-corrected chi connectivity index (χ3v) is 10.8. The minimum atomic E-state index is -3.67. The molecule has 0 spiro atoms. The van der Waals surface area contributed by atoms with Gasteiger partial charge in [0.2, 0.25) is 21.8 Å². The predicted octanol–water partition coefficient (Wildman–Crippen LogP) is 2.74. The molecule has 0 bridgehead atoms. The molecule has 50 heavy (non-hydrogen) atoms. The van der Waals surface area contributed by atoms with Crippen LogP contribution < -0.4 is 15.8 Å². The van der Waals surface area contributed by atoms with E-state index in [-0.39, 0.29) is 42.0 Å². The summed E-state index contributed by atoms with van der Waals surface area (Å²) in [5.41, 5.74) is 6.23. The summed E-state index contributed by atoms with van der Waals surface area (Å²) in [7, 11) is -3.67. The number of benzene rings is 1. The second-order valence-corrected chi connectivity index (χ2v) is 16.7. The topological polar surface area (TPSA) is 181 Å². The molecule has 3 amide bonds. The monoisotopic (exact) mass is 716 g/mol. The van der Waals surface area contributed by atoms with Gasteiger partial charge in [-0.3, -0.25) is 19.2 Å². The summed E-state index contributed by atoms with van der Waals surface area (Å²) < 4.78 is 32.4. The molecule has 13 nitrogen and oxygen atoms in total. The van der Waals surface area contributed by atoms with E-state index < -0.39 is 39.5 Å². The highest BCUT2D eigenvalue weighted by Gasteiger charge is 2.38. The van der Waals surface area contributed by atoms with Crippen molar-refractivity contribution in [1.82, 2.24) is 19.8 Å². The second kappa shape index (κ2) is 17.6. The van der Waals surface area contributed by atoms with Gasteiger partial charge in [-0.1, -0.05) is 63.4 Å². The van der Waals surface area contributed by atoms with Gasteiger partial charge in [0.1, 0.15) is 18.2 Å². The van der Waals surface area contributed by atoms with Gasteiger partial charge >= 0.3 is 5.97 Å². The lowest BCUT2D eigenvalue weighted by Gasteiger charge is -2.34. The van der Waals surface area contributed by atoms with Crippen molar-refractivity contribution in [2.45, 2.75) is 110 Å². The molecule has 2 saturated heterocycles. The highest BCUT2D eigenvalue weighted by atomic mass is 32.2. The maximum Gasteiger partial charge on any atom is 0.309 e. The molecule has 3 fully saturated rings. The molecule has 14 heteroatoms. The Morgan fingerprint density at radius 3 is 2.28 bits per heavy atom. The maximum atomic E-state index is 13.6. The van der Waals surface area contributed by atoms with E-state index in [1.807, 2.05) is 42.2 Å². The van der Waals surface area contributed by atoms with Crippen LogP contribution in [0, 0.1) is 17.3 Å². The summed E-state index contributed by atoms with van der Waals surface area (Å²) in [6.07, 6.45) is 8.72. The average Bonchev–Trinajstić information content (AvgIpc) is 3.57. The first-order valence-corrected chi connectivity index (χ1v) is 20.0. The van der Waals surface area contributed by atoms with Crippen LogP contribution in [0.2, 0.25) is 0 Å². The molecule has 278 valence electrons. The van der Waals surface area contributed by atoms with Crippen LogP contribution in [-0.2, 0) is 40.4 Å². The summed E-state index contributed by atoms with van der Waals surface area (Å²) in [6, 6.07) is 7.50. The fraction of sp³-hybridized carbons (Fsp3) is 0.694. The Balaban J connectivity index is 1.24. The van der Waals surface area contributed by atoms with Crippen LogP contribution in [0.15, 0.2) is 35.3 Å². The van der Waals surface area contributed by atoms with Gasteiger partial charge in [-0.2, -0.15) is 4.99 Å². The van der Waals surface area contributed by atoms with E-state index in [0.29, 0.717) is 45.4 Å². The number of ether oxygens (including phenoxy) is 1. The van der Waals surface area contributed by atoms with Crippen molar-refractivity contribution in [2.75, 3.05) is 32.4 Å². The Bertz CT molecular complexity index is 1470. The molecule has 0 radical (unpaired) electrons. The van der Waals surface area contributed by atoms with Gasteiger partial charge in [-0.25, -0.2) is 13.1 Å². The molecule has 2 aliphatic heterocycles. The number of nitrogens with one attached hydrogen (secondary N) is 2. The van der Waals surface area contributed by atoms with E-state index >= 15 is 0 Å². The molecule has 1 aromatic carbocycles. The number of piperidine rings is 1. The first-order valence-electron chi connectivity index (χ1n) is 18.1. The second-order valence-electron chi connectivity index (χ2n) is 14.9. The minimum Gasteiger partial charge on any atom is -0.462 e. The first kappa shape index (κ1) is 39.3. The largest absolute Gasteiger partial charge is 0.462 e. The Hall–Kier alpha value is -3.52. The molecule has 4 rings (SSSR count). The number of esters is 1. The van der Waals surface area contributed by atoms with Crippen molar-refractivity contribution >= 4 is 39.7 Å². The lowest BCUT2D eigenvalue weighted by Crippen LogP contribution is -2.54. The smallest absolute Gasteiger partial charge is 0.309 e. The van der Waals surface area contributed by atoms with Crippen LogP contribution in [0.25, 0.3) is 0 Å². The van der Waals surface area contributed by atoms with Crippen molar-refractivity contribution in [3.63, 3.8) is 0 Å². The molecule has 3 aliphatic rings. The number of amides is 3. The zero-order valence-corrected chi connectivity index (χ0v) is 30.9. The number of rotatable bonds is 13. The third-order valence-electron chi connectivity index (χ3n) is 10.1. The van der Waals surface area contributed by atoms with Gasteiger partial charge < -0.3 is 25.6 Å². The van der Waals surface area contributed by atoms with E-state index in [1.165, 1.54) is 4.90 Å². The highest BCUT2D eigenvalue weighted by Crippen LogP contribution is 2.29. The molecule has 0 aromatic heterocycles. The Morgan fingerprint density at radius 2 is 1.64 bits per heavy atom. The van der Waals surface area contributed by atoms with Crippen molar-refractivity contribution in [2.24, 2.45) is 28.0 Å². The van der Waals surface area contributed by atoms with Crippen LogP contribution in [-0.4, -0.2) is 98.5 Å². The molecule has 3 atom stereocenters. The van der Waals surface area contributed by atoms with Crippen LogP contribution in [0.5, 0.6) is 0 Å². The van der Waals surface area contributed by atoms with Crippen molar-refractivity contribution in [3.05, 3.63) is 35.9 Å². The third kappa shape index (κ3) is 11.5. The first-order chi connectivity index (χ1) is 23.6. The molecule has 1 unspecified atom stereocenters. The van der Waals surface area contributed by atoms with Crippen molar-refractivity contribution in [1.29, 1.82) is 0 Å². The predicted molar refractivity (Wildman–Crippen MR) is 191 cm³/mol. The lowest BCUT2D eigenvalue weighted by molar-refractivity contribution is -0.156. The number of hydrogen-bond donors (Lipinski definition) is 3. The van der Waals surface area contributed by atoms with Gasteiger partial charge in [0.25, 0.3) is 5.91 Å². The number of likely N-dealkylation sites (tertiary alicyclic amines) is 2. The van der Waals surface area contributed by atoms with E-state index in [1.54, 1.807) is 13.8 Å². The minimum absolute atomic E-state index is 0.0503. The van der Waals surface area contributed by atoms with Crippen LogP contribution in [0.1, 0.15) is 90.5 Å². The SMILES string of the molecule is CC(CC(C)(C)C(=O)N=C(N)N1CCC(CNC(=O)[C@@H]2CCCN2C(=O)[C@@H](Cc2ccccc2)NS(C)(=O)=O)CC1)OC(=O)C1CCCCC1. The fourth-order valence-corrected chi connectivity index (χ4v) is 8.03. The number of hydrogen-bond acceptors (Lipinski definition) is 7. The summed E-state index contributed by atoms with van der Waals surface area (Å²) in [4.78, 5) is 60.2. The number of nitrogens with two attached hydrogens (primary N) is 1. The number of nitrogens with zero attached hydrogens (tertiary/aromatic N) is 3. The van der Waals surface area contributed by atoms with Crippen molar-refractivity contribution < 1.29 is 32.3 Å². The Kier molecular flexibility index (Phi) is 13.8. The number of guanidine groups is 1. The van der Waals surface area contributed by atoms with E-state index in [9.17, 15) is 27.6 Å². The zero-order chi connectivity index (χ0) is 36.5. The molecule has 1 aliphatic carbocycles. The van der Waals surface area contributed by atoms with Gasteiger partial charge in [0.05, 0.1) is 12.2 Å². The van der Waals surface area contributed by atoms with Crippen LogP contribution in [0.4, 0.5) is 0 Å². The number of carbonyl (C=O) groups is 4. The average molecular weight is 717 g/mol. The van der Waals surface area contributed by atoms with Gasteiger partial charge in [0, 0.05) is 31.6 Å². The highest BCUT2D eigenvalue weighted by molar-refractivity contribution is 7.88. The number of carbonyl (C=O) groups excluding carboxylic acids is 4. The van der Waals surface area contributed by atoms with E-state index in [2.05, 4.69) is 15.0 Å². The summed E-state index contributed by atoms with van der Waals surface area (Å²) in [5.74, 6) is -0.908. The standard InChI is InChI=1S/C36H56N6O7S/c1-25(49-33(45)28-14-9-6-10-15-28)23-36(2,3)34(46)39-35(37)41-20-17-27(18-21-41)24-38-31(43)30-16-11-19-42(30)32(44)29(40-50(4,47)48)22-26-12-7-5-8-13-26/h5,7-8,12-13,25,27-30,40H,6,9-11,14-24H2,1-4H3,(H,38,43)(H2,37,39,46)/t25?,29-,30+/m1/s1. The quantitative estimate of drug-likeness (QED) is 0.157. The molecular formula is C36H56N6O7S. The van der Waals surface area contributed by atoms with Crippen LogP contribution in [0.3, 0.4) is 0 Å². The van der Waals surface area contributed by atoms with Crippen molar-refractivity contribution in [3.8, 4) is 0 Å². The molecule has 1 saturated carbocycles. The molecular weight excluding hydrogens is 660 g/mol. The van der Waals surface area contributed by atoms with Gasteiger partial charge in [-0.15, -0.1) is 0 Å². The lowest BCUT2D eigenvalue weighted by atomic mass is 9.86. The molecule has 2 heterocycles. The van der Waals surface area contributed by atoms with Gasteiger partial charge in [0.15, 0.2) is 5.96 Å². The number of aliphatic imine (C=N–C) groups is 1. The normalized spacial score (nSPS) is 21.0. The van der Waals surface area contributed by atoms with E-state index in [0.717, 1.165) is 56.8 Å². The maximum absolute atomic E-state index is 13.6. The van der Waals surface area contributed by atoms with E-state index in [4.69, 9.17) is 10.5 Å². The fourth-order valence-electron chi connectivity index (χ4n) is 7.33. The Labute approximate surface area is 297 Å².